The van der Waals surface area contributed by atoms with Crippen LogP contribution in [0.2, 0.25) is 0 Å². The van der Waals surface area contributed by atoms with Crippen LogP contribution in [-0.2, 0) is 0 Å². The summed E-state index contributed by atoms with van der Waals surface area (Å²) in [5.41, 5.74) is 1.52. The molecule has 7 heteroatoms. The van der Waals surface area contributed by atoms with Crippen molar-refractivity contribution in [2.45, 2.75) is 6.92 Å². The van der Waals surface area contributed by atoms with Crippen LogP contribution in [0.25, 0.3) is 0 Å². The van der Waals surface area contributed by atoms with E-state index in [1.54, 1.807) is 37.3 Å². The Hall–Kier alpha value is -3.48. The Kier molecular flexibility index (Phi) is 4.30. The van der Waals surface area contributed by atoms with E-state index in [0.717, 1.165) is 0 Å². The van der Waals surface area contributed by atoms with Crippen molar-refractivity contribution in [3.05, 3.63) is 75.3 Å². The highest BCUT2D eigenvalue weighted by Gasteiger charge is 2.40. The molecule has 0 heterocycles. The third-order valence-corrected chi connectivity index (χ3v) is 3.90. The Morgan fingerprint density at radius 2 is 1.72 bits per heavy atom. The Morgan fingerprint density at radius 1 is 1.08 bits per heavy atom. The largest absolute Gasteiger partial charge is 0.293 e. The number of benzene rings is 2. The zero-order valence-electron chi connectivity index (χ0n) is 13.2. The number of ketones is 2. The normalized spacial score (nSPS) is 15.0. The summed E-state index contributed by atoms with van der Waals surface area (Å²) in [6.45, 7) is 1.57. The van der Waals surface area contributed by atoms with E-state index in [4.69, 9.17) is 0 Å². The SMILES string of the molecule is C/C(=N\N=C\c1cccc([N+](=O)[O-])c1)C1C(=O)c2ccccc2C1=O. The van der Waals surface area contributed by atoms with Crippen molar-refractivity contribution in [1.82, 2.24) is 0 Å². The maximum atomic E-state index is 12.4. The predicted molar refractivity (Wildman–Crippen MR) is 92.4 cm³/mol. The molecule has 124 valence electrons. The van der Waals surface area contributed by atoms with Crippen LogP contribution in [0.5, 0.6) is 0 Å². The van der Waals surface area contributed by atoms with Gasteiger partial charge in [-0.1, -0.05) is 36.4 Å². The number of nitro groups is 1. The minimum atomic E-state index is -0.959. The number of non-ortho nitro benzene ring substituents is 1. The quantitative estimate of drug-likeness (QED) is 0.371. The summed E-state index contributed by atoms with van der Waals surface area (Å²) in [7, 11) is 0. The molecule has 25 heavy (non-hydrogen) atoms. The molecule has 0 aliphatic heterocycles. The van der Waals surface area contributed by atoms with Crippen LogP contribution in [0, 0.1) is 16.0 Å². The molecule has 0 radical (unpaired) electrons. The second-order valence-electron chi connectivity index (χ2n) is 5.55. The maximum Gasteiger partial charge on any atom is 0.270 e. The van der Waals surface area contributed by atoms with E-state index in [1.165, 1.54) is 24.4 Å². The van der Waals surface area contributed by atoms with E-state index in [1.807, 2.05) is 0 Å². The smallest absolute Gasteiger partial charge is 0.270 e. The molecule has 0 N–H and O–H groups in total. The summed E-state index contributed by atoms with van der Waals surface area (Å²) in [5, 5.41) is 18.5. The van der Waals surface area contributed by atoms with Crippen LogP contribution in [-0.4, -0.2) is 28.4 Å². The lowest BCUT2D eigenvalue weighted by Crippen LogP contribution is -2.23. The molecule has 0 spiro atoms. The van der Waals surface area contributed by atoms with Gasteiger partial charge < -0.3 is 0 Å². The van der Waals surface area contributed by atoms with Gasteiger partial charge in [-0.25, -0.2) is 0 Å². The number of carbonyl (C=O) groups excluding carboxylic acids is 2. The number of hydrogen-bond donors (Lipinski definition) is 0. The summed E-state index contributed by atoms with van der Waals surface area (Å²) in [6, 6.07) is 12.6. The Bertz CT molecular complexity index is 912. The van der Waals surface area contributed by atoms with Crippen molar-refractivity contribution >= 4 is 29.2 Å². The lowest BCUT2D eigenvalue weighted by molar-refractivity contribution is -0.384. The Labute approximate surface area is 142 Å². The number of Topliss-reactive ketones (excluding diaryl/α,β-unsaturated/α-hetero) is 2. The summed E-state index contributed by atoms with van der Waals surface area (Å²) in [6.07, 6.45) is 1.34. The summed E-state index contributed by atoms with van der Waals surface area (Å²) < 4.78 is 0. The molecule has 1 aliphatic carbocycles. The highest BCUT2D eigenvalue weighted by atomic mass is 16.6. The minimum Gasteiger partial charge on any atom is -0.293 e. The molecule has 1 aliphatic rings. The molecule has 7 nitrogen and oxygen atoms in total. The highest BCUT2D eigenvalue weighted by Crippen LogP contribution is 2.27. The molecule has 2 aromatic rings. The van der Waals surface area contributed by atoms with E-state index < -0.39 is 10.8 Å². The van der Waals surface area contributed by atoms with Crippen LogP contribution in [0.1, 0.15) is 33.2 Å². The number of nitro benzene ring substituents is 1. The summed E-state index contributed by atoms with van der Waals surface area (Å²) in [4.78, 5) is 35.0. The summed E-state index contributed by atoms with van der Waals surface area (Å²) in [5.74, 6) is -1.53. The number of fused-ring (bicyclic) bond motifs is 1. The number of rotatable bonds is 4. The first-order chi connectivity index (χ1) is 12.0. The second-order valence-corrected chi connectivity index (χ2v) is 5.55. The van der Waals surface area contributed by atoms with Crippen molar-refractivity contribution in [3.8, 4) is 0 Å². The van der Waals surface area contributed by atoms with Gasteiger partial charge in [0.05, 0.1) is 16.8 Å². The van der Waals surface area contributed by atoms with Gasteiger partial charge in [0.1, 0.15) is 5.92 Å². The Morgan fingerprint density at radius 3 is 2.32 bits per heavy atom. The average molecular weight is 335 g/mol. The van der Waals surface area contributed by atoms with Crippen LogP contribution in [0.3, 0.4) is 0 Å². The number of nitrogens with zero attached hydrogens (tertiary/aromatic N) is 3. The van der Waals surface area contributed by atoms with Crippen LogP contribution < -0.4 is 0 Å². The van der Waals surface area contributed by atoms with Gasteiger partial charge in [-0.05, 0) is 6.92 Å². The van der Waals surface area contributed by atoms with Gasteiger partial charge in [0.25, 0.3) is 5.69 Å². The third-order valence-electron chi connectivity index (χ3n) is 3.90. The zero-order chi connectivity index (χ0) is 18.0. The first-order valence-corrected chi connectivity index (χ1v) is 7.48. The van der Waals surface area contributed by atoms with E-state index in [9.17, 15) is 19.7 Å². The second kappa shape index (κ2) is 6.56. The maximum absolute atomic E-state index is 12.4. The molecular weight excluding hydrogens is 322 g/mol. The van der Waals surface area contributed by atoms with Crippen molar-refractivity contribution in [2.75, 3.05) is 0 Å². The molecule has 0 unspecified atom stereocenters. The Balaban J connectivity index is 1.81. The fraction of sp³-hybridized carbons (Fsp3) is 0.111. The number of hydrogen-bond acceptors (Lipinski definition) is 6. The van der Waals surface area contributed by atoms with Gasteiger partial charge in [-0.2, -0.15) is 10.2 Å². The standard InChI is InChI=1S/C18H13N3O4/c1-11(16-17(22)14-7-2-3-8-15(14)18(16)23)20-19-10-12-5-4-6-13(9-12)21(24)25/h2-10,16H,1H3/b19-10+,20-11+. The zero-order valence-corrected chi connectivity index (χ0v) is 13.2. The van der Waals surface area contributed by atoms with E-state index in [2.05, 4.69) is 10.2 Å². The molecule has 0 bridgehead atoms. The van der Waals surface area contributed by atoms with Gasteiger partial charge in [0.15, 0.2) is 11.6 Å². The highest BCUT2D eigenvalue weighted by molar-refractivity contribution is 6.36. The van der Waals surface area contributed by atoms with Gasteiger partial charge in [0, 0.05) is 28.8 Å². The van der Waals surface area contributed by atoms with Crippen molar-refractivity contribution in [2.24, 2.45) is 16.1 Å². The van der Waals surface area contributed by atoms with Crippen LogP contribution >= 0.6 is 0 Å². The molecule has 0 fully saturated rings. The molecule has 2 aromatic carbocycles. The van der Waals surface area contributed by atoms with Gasteiger partial charge in [0.2, 0.25) is 0 Å². The van der Waals surface area contributed by atoms with E-state index in [-0.39, 0.29) is 23.0 Å². The molecule has 0 aromatic heterocycles. The number of carbonyl (C=O) groups is 2. The fourth-order valence-electron chi connectivity index (χ4n) is 2.69. The van der Waals surface area contributed by atoms with Gasteiger partial charge in [-0.3, -0.25) is 19.7 Å². The first-order valence-electron chi connectivity index (χ1n) is 7.48. The van der Waals surface area contributed by atoms with Crippen molar-refractivity contribution in [1.29, 1.82) is 0 Å². The third kappa shape index (κ3) is 3.12. The van der Waals surface area contributed by atoms with E-state index in [0.29, 0.717) is 16.7 Å². The molecule has 3 rings (SSSR count). The fourth-order valence-corrected chi connectivity index (χ4v) is 2.69. The topological polar surface area (TPSA) is 102 Å². The monoisotopic (exact) mass is 335 g/mol. The molecule has 0 atom stereocenters. The molecule has 0 amide bonds. The van der Waals surface area contributed by atoms with Crippen molar-refractivity contribution in [3.63, 3.8) is 0 Å². The molecular formula is C18H13N3O4. The molecule has 0 saturated carbocycles. The van der Waals surface area contributed by atoms with Crippen LogP contribution in [0.15, 0.2) is 58.7 Å². The molecule has 0 saturated heterocycles. The van der Waals surface area contributed by atoms with Gasteiger partial charge >= 0.3 is 0 Å². The van der Waals surface area contributed by atoms with Crippen LogP contribution in [0.4, 0.5) is 5.69 Å². The van der Waals surface area contributed by atoms with Crippen molar-refractivity contribution < 1.29 is 14.5 Å². The lowest BCUT2D eigenvalue weighted by Gasteiger charge is -2.03. The predicted octanol–water partition coefficient (Wildman–Crippen LogP) is 3.09. The van der Waals surface area contributed by atoms with E-state index >= 15 is 0 Å². The van der Waals surface area contributed by atoms with Gasteiger partial charge in [-0.15, -0.1) is 0 Å². The lowest BCUT2D eigenvalue weighted by atomic mass is 9.99. The average Bonchev–Trinajstić information content (AvgIpc) is 2.86. The minimum absolute atomic E-state index is 0.0544. The first kappa shape index (κ1) is 16.4. The summed E-state index contributed by atoms with van der Waals surface area (Å²) >= 11 is 0.